The van der Waals surface area contributed by atoms with E-state index in [9.17, 15) is 14.4 Å². The molecule has 0 radical (unpaired) electrons. The third-order valence-corrected chi connectivity index (χ3v) is 5.49. The van der Waals surface area contributed by atoms with E-state index in [0.717, 1.165) is 5.56 Å². The van der Waals surface area contributed by atoms with E-state index >= 15 is 0 Å². The Morgan fingerprint density at radius 3 is 2.39 bits per heavy atom. The van der Waals surface area contributed by atoms with Gasteiger partial charge >= 0.3 is 18.0 Å². The van der Waals surface area contributed by atoms with Gasteiger partial charge in [-0.15, -0.1) is 0 Å². The molecule has 1 aromatic heterocycles. The number of carbonyl (C=O) groups excluding carboxylic acids is 3. The largest absolute Gasteiger partial charge is 0.489 e. The Kier molecular flexibility index (Phi) is 7.92. The zero-order valence-electron chi connectivity index (χ0n) is 19.3. The lowest BCUT2D eigenvalue weighted by Crippen LogP contribution is -2.47. The number of ether oxygens (including phenoxy) is 3. The van der Waals surface area contributed by atoms with Crippen molar-refractivity contribution in [1.82, 2.24) is 10.6 Å². The Hall–Kier alpha value is -4.24. The second-order valence-electron chi connectivity index (χ2n) is 7.68. The molecule has 2 aromatic carbocycles. The van der Waals surface area contributed by atoms with Crippen LogP contribution in [0.5, 0.6) is 5.75 Å². The highest BCUT2D eigenvalue weighted by Gasteiger charge is 2.35. The van der Waals surface area contributed by atoms with Crippen LogP contribution in [0.3, 0.4) is 0 Å². The number of halogens is 1. The molecule has 2 amide bonds. The Bertz CT molecular complexity index is 1250. The standard InChI is InChI=1S/C26H23ClN2O7/c1-2-33-25(31)22-20(28-26(32)29-23(22)21-4-3-13-34-21)15-36-24(30)17-7-5-16(6-8-17)14-35-19-11-9-18(27)10-12-19/h3-13,23H,2,14-15H2,1H3,(H2,28,29,32). The van der Waals surface area contributed by atoms with Crippen LogP contribution >= 0.6 is 11.6 Å². The molecular weight excluding hydrogens is 488 g/mol. The fourth-order valence-corrected chi connectivity index (χ4v) is 3.63. The fourth-order valence-electron chi connectivity index (χ4n) is 3.51. The van der Waals surface area contributed by atoms with Crippen LogP contribution in [0, 0.1) is 0 Å². The first-order chi connectivity index (χ1) is 17.4. The first-order valence-electron chi connectivity index (χ1n) is 11.1. The third-order valence-electron chi connectivity index (χ3n) is 5.23. The highest BCUT2D eigenvalue weighted by Crippen LogP contribution is 2.28. The number of carbonyl (C=O) groups is 3. The van der Waals surface area contributed by atoms with E-state index in [4.69, 9.17) is 30.2 Å². The average molecular weight is 511 g/mol. The second-order valence-corrected chi connectivity index (χ2v) is 8.11. The fraction of sp³-hybridized carbons (Fsp3) is 0.192. The van der Waals surface area contributed by atoms with Gasteiger partial charge in [0.2, 0.25) is 0 Å². The van der Waals surface area contributed by atoms with Gasteiger partial charge in [-0.05, 0) is 61.0 Å². The molecule has 0 saturated heterocycles. The van der Waals surface area contributed by atoms with Crippen molar-refractivity contribution < 1.29 is 33.0 Å². The predicted octanol–water partition coefficient (Wildman–Crippen LogP) is 4.54. The second kappa shape index (κ2) is 11.5. The van der Waals surface area contributed by atoms with Crippen LogP contribution in [-0.4, -0.2) is 31.2 Å². The summed E-state index contributed by atoms with van der Waals surface area (Å²) in [6, 6.07) is 15.5. The van der Waals surface area contributed by atoms with Gasteiger partial charge in [0.1, 0.15) is 30.8 Å². The number of benzene rings is 2. The zero-order valence-corrected chi connectivity index (χ0v) is 20.0. The molecule has 1 atom stereocenters. The lowest BCUT2D eigenvalue weighted by Gasteiger charge is -2.27. The molecule has 1 aliphatic rings. The van der Waals surface area contributed by atoms with Gasteiger partial charge in [-0.25, -0.2) is 14.4 Å². The van der Waals surface area contributed by atoms with Gasteiger partial charge in [0.25, 0.3) is 0 Å². The lowest BCUT2D eigenvalue weighted by atomic mass is 10.0. The van der Waals surface area contributed by atoms with E-state index in [-0.39, 0.29) is 24.5 Å². The van der Waals surface area contributed by atoms with Crippen molar-refractivity contribution in [2.24, 2.45) is 0 Å². The number of furan rings is 1. The summed E-state index contributed by atoms with van der Waals surface area (Å²) in [4.78, 5) is 37.6. The molecule has 2 N–H and O–H groups in total. The Morgan fingerprint density at radius 2 is 1.72 bits per heavy atom. The maximum atomic E-state index is 12.7. The van der Waals surface area contributed by atoms with E-state index in [1.54, 1.807) is 67.6 Å². The van der Waals surface area contributed by atoms with E-state index in [0.29, 0.717) is 28.7 Å². The van der Waals surface area contributed by atoms with Gasteiger partial charge in [-0.1, -0.05) is 23.7 Å². The minimum atomic E-state index is -0.888. The molecule has 0 fully saturated rings. The van der Waals surface area contributed by atoms with Crippen LogP contribution in [0.1, 0.15) is 34.6 Å². The molecule has 3 aromatic rings. The first kappa shape index (κ1) is 24.9. The molecule has 1 aliphatic heterocycles. The van der Waals surface area contributed by atoms with Gasteiger partial charge in [0, 0.05) is 5.02 Å². The summed E-state index contributed by atoms with van der Waals surface area (Å²) in [7, 11) is 0. The Labute approximate surface area is 212 Å². The molecule has 186 valence electrons. The van der Waals surface area contributed by atoms with Crippen LogP contribution in [0.15, 0.2) is 82.6 Å². The summed E-state index contributed by atoms with van der Waals surface area (Å²) in [5.74, 6) is -0.278. The third kappa shape index (κ3) is 6.05. The van der Waals surface area contributed by atoms with Crippen molar-refractivity contribution in [2.75, 3.05) is 13.2 Å². The summed E-state index contributed by atoms with van der Waals surface area (Å²) in [6.07, 6.45) is 1.43. The number of esters is 2. The average Bonchev–Trinajstić information content (AvgIpc) is 3.42. The molecule has 10 heteroatoms. The van der Waals surface area contributed by atoms with Crippen molar-refractivity contribution in [3.05, 3.63) is 100 Å². The highest BCUT2D eigenvalue weighted by molar-refractivity contribution is 6.30. The highest BCUT2D eigenvalue weighted by atomic mass is 35.5. The van der Waals surface area contributed by atoms with Gasteiger partial charge in [-0.2, -0.15) is 0 Å². The molecule has 0 saturated carbocycles. The maximum absolute atomic E-state index is 12.7. The van der Waals surface area contributed by atoms with Crippen LogP contribution < -0.4 is 15.4 Å². The van der Waals surface area contributed by atoms with E-state index in [2.05, 4.69) is 10.6 Å². The minimum absolute atomic E-state index is 0.0916. The summed E-state index contributed by atoms with van der Waals surface area (Å²) in [6.45, 7) is 1.75. The quantitative estimate of drug-likeness (QED) is 0.406. The van der Waals surface area contributed by atoms with E-state index in [1.807, 2.05) is 0 Å². The van der Waals surface area contributed by atoms with Gasteiger partial charge in [-0.3, -0.25) is 0 Å². The smallest absolute Gasteiger partial charge is 0.338 e. The SMILES string of the molecule is CCOC(=O)C1=C(COC(=O)c2ccc(COc3ccc(Cl)cc3)cc2)NC(=O)NC1c1ccco1. The molecular formula is C26H23ClN2O7. The van der Waals surface area contributed by atoms with Crippen LogP contribution in [0.4, 0.5) is 4.79 Å². The number of urea groups is 1. The van der Waals surface area contributed by atoms with Crippen molar-refractivity contribution in [1.29, 1.82) is 0 Å². The van der Waals surface area contributed by atoms with Gasteiger partial charge < -0.3 is 29.3 Å². The molecule has 36 heavy (non-hydrogen) atoms. The molecule has 0 bridgehead atoms. The van der Waals surface area contributed by atoms with Crippen LogP contribution in [-0.2, 0) is 20.9 Å². The number of rotatable bonds is 9. The predicted molar refractivity (Wildman–Crippen MR) is 129 cm³/mol. The number of hydrogen-bond donors (Lipinski definition) is 2. The molecule has 1 unspecified atom stereocenters. The summed E-state index contributed by atoms with van der Waals surface area (Å²) in [5.41, 5.74) is 1.35. The van der Waals surface area contributed by atoms with Gasteiger partial charge in [0.15, 0.2) is 0 Å². The van der Waals surface area contributed by atoms with Crippen molar-refractivity contribution in [3.63, 3.8) is 0 Å². The molecule has 0 aliphatic carbocycles. The van der Waals surface area contributed by atoms with E-state index in [1.165, 1.54) is 6.26 Å². The molecule has 9 nitrogen and oxygen atoms in total. The Morgan fingerprint density at radius 1 is 0.972 bits per heavy atom. The Balaban J connectivity index is 1.43. The summed E-state index contributed by atoms with van der Waals surface area (Å²) >= 11 is 5.87. The van der Waals surface area contributed by atoms with Crippen molar-refractivity contribution in [3.8, 4) is 5.75 Å². The van der Waals surface area contributed by atoms with Gasteiger partial charge in [0.05, 0.1) is 29.7 Å². The van der Waals surface area contributed by atoms with Crippen LogP contribution in [0.25, 0.3) is 0 Å². The topological polar surface area (TPSA) is 116 Å². The zero-order chi connectivity index (χ0) is 25.5. The number of hydrogen-bond acceptors (Lipinski definition) is 7. The number of nitrogens with one attached hydrogen (secondary N) is 2. The summed E-state index contributed by atoms with van der Waals surface area (Å²) in [5, 5.41) is 5.78. The molecule has 0 spiro atoms. The van der Waals surface area contributed by atoms with Crippen molar-refractivity contribution >= 4 is 29.6 Å². The monoisotopic (exact) mass is 510 g/mol. The first-order valence-corrected chi connectivity index (χ1v) is 11.5. The molecule has 2 heterocycles. The van der Waals surface area contributed by atoms with E-state index < -0.39 is 24.0 Å². The van der Waals surface area contributed by atoms with Crippen LogP contribution in [0.2, 0.25) is 5.02 Å². The van der Waals surface area contributed by atoms with Crippen molar-refractivity contribution in [2.45, 2.75) is 19.6 Å². The lowest BCUT2D eigenvalue weighted by molar-refractivity contribution is -0.139. The minimum Gasteiger partial charge on any atom is -0.489 e. The molecule has 4 rings (SSSR count). The number of amides is 2. The normalized spacial score (nSPS) is 15.1. The summed E-state index contributed by atoms with van der Waals surface area (Å²) < 4.78 is 21.6. The maximum Gasteiger partial charge on any atom is 0.338 e.